The first-order chi connectivity index (χ1) is 13.0. The lowest BCUT2D eigenvalue weighted by Crippen LogP contribution is -2.10. The monoisotopic (exact) mass is 378 g/mol. The second-order valence-corrected chi connectivity index (χ2v) is 6.74. The molecule has 0 atom stereocenters. The largest absolute Gasteiger partial charge is 0.497 e. The molecule has 0 aliphatic carbocycles. The molecular weight excluding hydrogens is 360 g/mol. The van der Waals surface area contributed by atoms with Crippen LogP contribution >= 0.6 is 11.8 Å². The van der Waals surface area contributed by atoms with Crippen molar-refractivity contribution in [3.05, 3.63) is 59.8 Å². The average Bonchev–Trinajstić information content (AvgIpc) is 3.05. The quantitative estimate of drug-likeness (QED) is 0.401. The summed E-state index contributed by atoms with van der Waals surface area (Å²) >= 11 is 1.28. The number of nitrogens with zero attached hydrogens (tertiary/aromatic N) is 3. The summed E-state index contributed by atoms with van der Waals surface area (Å²) < 4.78 is 7.21. The van der Waals surface area contributed by atoms with Crippen LogP contribution in [0.2, 0.25) is 0 Å². The van der Waals surface area contributed by atoms with Gasteiger partial charge < -0.3 is 10.5 Å². The molecule has 7 heteroatoms. The number of benzene rings is 2. The molecule has 0 amide bonds. The van der Waals surface area contributed by atoms with Crippen molar-refractivity contribution in [1.29, 1.82) is 5.26 Å². The van der Waals surface area contributed by atoms with E-state index in [1.807, 2.05) is 59.2 Å². The standard InChI is InChI=1S/C20H18N4O2S/c1-13(22)16(11-21)19(25)12-27-20-23-17-5-3-4-6-18(17)24(20)14-7-9-15(26-2)10-8-14/h3-10H,12,22H2,1-2H3. The van der Waals surface area contributed by atoms with Gasteiger partial charge in [-0.2, -0.15) is 5.26 Å². The fraction of sp³-hybridized carbons (Fsp3) is 0.150. The zero-order valence-corrected chi connectivity index (χ0v) is 15.8. The fourth-order valence-electron chi connectivity index (χ4n) is 2.65. The summed E-state index contributed by atoms with van der Waals surface area (Å²) in [6.07, 6.45) is 0. The molecule has 0 spiro atoms. The second kappa shape index (κ2) is 7.98. The predicted octanol–water partition coefficient (Wildman–Crippen LogP) is 3.45. The van der Waals surface area contributed by atoms with Crippen LogP contribution in [0.15, 0.2) is 65.0 Å². The molecule has 136 valence electrons. The van der Waals surface area contributed by atoms with Crippen molar-refractivity contribution in [2.45, 2.75) is 12.1 Å². The number of carbonyl (C=O) groups excluding carboxylic acids is 1. The molecule has 6 nitrogen and oxygen atoms in total. The maximum atomic E-state index is 12.3. The van der Waals surface area contributed by atoms with E-state index in [-0.39, 0.29) is 22.8 Å². The summed E-state index contributed by atoms with van der Waals surface area (Å²) in [7, 11) is 1.62. The van der Waals surface area contributed by atoms with Crippen LogP contribution in [0.1, 0.15) is 6.92 Å². The van der Waals surface area contributed by atoms with E-state index in [0.29, 0.717) is 5.16 Å². The number of aromatic nitrogens is 2. The van der Waals surface area contributed by atoms with Gasteiger partial charge in [-0.05, 0) is 43.3 Å². The van der Waals surface area contributed by atoms with E-state index in [1.54, 1.807) is 14.0 Å². The van der Waals surface area contributed by atoms with E-state index >= 15 is 0 Å². The number of rotatable bonds is 6. The number of methoxy groups -OCH3 is 1. The summed E-state index contributed by atoms with van der Waals surface area (Å²) in [5.74, 6) is 0.530. The summed E-state index contributed by atoms with van der Waals surface area (Å²) in [6, 6.07) is 17.2. The number of Topliss-reactive ketones (excluding diaryl/α,β-unsaturated/α-hetero) is 1. The minimum Gasteiger partial charge on any atom is -0.497 e. The molecule has 3 aromatic rings. The van der Waals surface area contributed by atoms with Crippen LogP contribution in [0.5, 0.6) is 5.75 Å². The van der Waals surface area contributed by atoms with Crippen LogP contribution in [-0.4, -0.2) is 28.2 Å². The zero-order chi connectivity index (χ0) is 19.4. The van der Waals surface area contributed by atoms with Gasteiger partial charge in [-0.1, -0.05) is 23.9 Å². The highest BCUT2D eigenvalue weighted by atomic mass is 32.2. The van der Waals surface area contributed by atoms with E-state index in [9.17, 15) is 4.79 Å². The van der Waals surface area contributed by atoms with Gasteiger partial charge in [-0.15, -0.1) is 0 Å². The molecule has 3 rings (SSSR count). The first-order valence-electron chi connectivity index (χ1n) is 8.19. The SMILES string of the molecule is COc1ccc(-n2c(SCC(=O)C(C#N)=C(C)N)nc3ccccc32)cc1. The Hall–Kier alpha value is -3.24. The number of carbonyl (C=O) groups is 1. The van der Waals surface area contributed by atoms with Gasteiger partial charge in [0.15, 0.2) is 10.9 Å². The minimum atomic E-state index is -0.309. The molecule has 0 bridgehead atoms. The number of hydrogen-bond donors (Lipinski definition) is 1. The van der Waals surface area contributed by atoms with Crippen LogP contribution in [0.4, 0.5) is 0 Å². The topological polar surface area (TPSA) is 93.9 Å². The lowest BCUT2D eigenvalue weighted by Gasteiger charge is -2.10. The third-order valence-electron chi connectivity index (χ3n) is 3.98. The van der Waals surface area contributed by atoms with Crippen LogP contribution in [-0.2, 0) is 4.79 Å². The first kappa shape index (κ1) is 18.5. The molecule has 2 N–H and O–H groups in total. The van der Waals surface area contributed by atoms with Gasteiger partial charge in [0.2, 0.25) is 0 Å². The summed E-state index contributed by atoms with van der Waals surface area (Å²) in [5, 5.41) is 9.78. The first-order valence-corrected chi connectivity index (χ1v) is 9.18. The van der Waals surface area contributed by atoms with Crippen LogP contribution in [0.25, 0.3) is 16.7 Å². The minimum absolute atomic E-state index is 0.00499. The molecule has 27 heavy (non-hydrogen) atoms. The molecule has 2 aromatic carbocycles. The normalized spacial score (nSPS) is 11.7. The molecule has 0 unspecified atom stereocenters. The Morgan fingerprint density at radius 2 is 1.96 bits per heavy atom. The number of ketones is 1. The molecule has 1 heterocycles. The highest BCUT2D eigenvalue weighted by Crippen LogP contribution is 2.29. The van der Waals surface area contributed by atoms with Crippen molar-refractivity contribution in [2.75, 3.05) is 12.9 Å². The van der Waals surface area contributed by atoms with Crippen molar-refractivity contribution in [3.8, 4) is 17.5 Å². The Balaban J connectivity index is 1.99. The van der Waals surface area contributed by atoms with Gasteiger partial charge in [-0.3, -0.25) is 9.36 Å². The summed E-state index contributed by atoms with van der Waals surface area (Å²) in [4.78, 5) is 16.9. The maximum absolute atomic E-state index is 12.3. The van der Waals surface area contributed by atoms with Crippen LogP contribution < -0.4 is 10.5 Å². The Morgan fingerprint density at radius 3 is 2.59 bits per heavy atom. The van der Waals surface area contributed by atoms with Crippen molar-refractivity contribution >= 4 is 28.6 Å². The van der Waals surface area contributed by atoms with E-state index in [0.717, 1.165) is 22.5 Å². The Morgan fingerprint density at radius 1 is 1.26 bits per heavy atom. The van der Waals surface area contributed by atoms with Gasteiger partial charge >= 0.3 is 0 Å². The molecular formula is C20H18N4O2S. The third kappa shape index (κ3) is 3.81. The summed E-state index contributed by atoms with van der Waals surface area (Å²) in [6.45, 7) is 1.55. The van der Waals surface area contributed by atoms with Gasteiger partial charge in [-0.25, -0.2) is 4.98 Å². The Labute approximate surface area is 161 Å². The van der Waals surface area contributed by atoms with E-state index in [4.69, 9.17) is 15.7 Å². The highest BCUT2D eigenvalue weighted by molar-refractivity contribution is 7.99. The van der Waals surface area contributed by atoms with E-state index < -0.39 is 0 Å². The van der Waals surface area contributed by atoms with Crippen molar-refractivity contribution in [1.82, 2.24) is 9.55 Å². The van der Waals surface area contributed by atoms with Crippen molar-refractivity contribution < 1.29 is 9.53 Å². The Kier molecular flexibility index (Phi) is 5.48. The van der Waals surface area contributed by atoms with E-state index in [2.05, 4.69) is 4.98 Å². The molecule has 0 aliphatic rings. The molecule has 0 saturated heterocycles. The van der Waals surface area contributed by atoms with Gasteiger partial charge in [0.05, 0.1) is 23.9 Å². The number of para-hydroxylation sites is 2. The molecule has 1 aromatic heterocycles. The molecule has 0 fully saturated rings. The number of nitrogens with two attached hydrogens (primary N) is 1. The average molecular weight is 378 g/mol. The van der Waals surface area contributed by atoms with Gasteiger partial charge in [0.25, 0.3) is 0 Å². The Bertz CT molecular complexity index is 1060. The van der Waals surface area contributed by atoms with Gasteiger partial charge in [0, 0.05) is 11.4 Å². The van der Waals surface area contributed by atoms with Gasteiger partial charge in [0.1, 0.15) is 17.4 Å². The number of fused-ring (bicyclic) bond motifs is 1. The fourth-order valence-corrected chi connectivity index (χ4v) is 3.55. The number of thioether (sulfide) groups is 1. The second-order valence-electron chi connectivity index (χ2n) is 5.80. The summed E-state index contributed by atoms with van der Waals surface area (Å²) in [5.41, 5.74) is 8.51. The van der Waals surface area contributed by atoms with Crippen molar-refractivity contribution in [2.24, 2.45) is 5.73 Å². The molecule has 0 saturated carbocycles. The number of nitriles is 1. The maximum Gasteiger partial charge on any atom is 0.185 e. The highest BCUT2D eigenvalue weighted by Gasteiger charge is 2.17. The lowest BCUT2D eigenvalue weighted by atomic mass is 10.2. The van der Waals surface area contributed by atoms with Crippen LogP contribution in [0, 0.1) is 11.3 Å². The number of imidazole rings is 1. The molecule has 0 radical (unpaired) electrons. The smallest absolute Gasteiger partial charge is 0.185 e. The lowest BCUT2D eigenvalue weighted by molar-refractivity contribution is -0.112. The van der Waals surface area contributed by atoms with Crippen LogP contribution in [0.3, 0.4) is 0 Å². The molecule has 0 aliphatic heterocycles. The zero-order valence-electron chi connectivity index (χ0n) is 15.0. The van der Waals surface area contributed by atoms with Crippen molar-refractivity contribution in [3.63, 3.8) is 0 Å². The number of ether oxygens (including phenoxy) is 1. The number of hydrogen-bond acceptors (Lipinski definition) is 6. The number of allylic oxidation sites excluding steroid dienone is 2. The predicted molar refractivity (Wildman–Crippen MR) is 106 cm³/mol. The third-order valence-corrected chi connectivity index (χ3v) is 4.92. The van der Waals surface area contributed by atoms with E-state index in [1.165, 1.54) is 11.8 Å².